The van der Waals surface area contributed by atoms with Crippen molar-refractivity contribution in [1.29, 1.82) is 0 Å². The van der Waals surface area contributed by atoms with E-state index in [-0.39, 0.29) is 5.63 Å². The summed E-state index contributed by atoms with van der Waals surface area (Å²) in [5, 5.41) is 2.07. The summed E-state index contributed by atoms with van der Waals surface area (Å²) in [7, 11) is 0. The second-order valence-electron chi connectivity index (χ2n) is 7.27. The van der Waals surface area contributed by atoms with Gasteiger partial charge in [0.25, 0.3) is 0 Å². The molecule has 0 spiro atoms. The molecular formula is C23H20O3. The molecule has 130 valence electrons. The first-order valence-corrected chi connectivity index (χ1v) is 9.26. The molecular weight excluding hydrogens is 324 g/mol. The molecule has 3 nitrogen and oxygen atoms in total. The maximum atomic E-state index is 12.6. The Morgan fingerprint density at radius 2 is 1.73 bits per heavy atom. The molecule has 0 atom stereocenters. The minimum Gasteiger partial charge on any atom is -0.464 e. The molecule has 0 aliphatic heterocycles. The van der Waals surface area contributed by atoms with Gasteiger partial charge in [0.1, 0.15) is 11.2 Å². The Bertz CT molecular complexity index is 1160. The van der Waals surface area contributed by atoms with Crippen LogP contribution in [0.15, 0.2) is 62.4 Å². The number of rotatable bonds is 2. The maximum Gasteiger partial charge on any atom is 0.340 e. The van der Waals surface area contributed by atoms with E-state index >= 15 is 0 Å². The van der Waals surface area contributed by atoms with Crippen LogP contribution in [0.1, 0.15) is 42.7 Å². The number of benzene rings is 2. The summed E-state index contributed by atoms with van der Waals surface area (Å²) in [4.78, 5) is 12.6. The normalized spacial score (nSPS) is 15.3. The highest BCUT2D eigenvalue weighted by molar-refractivity contribution is 6.02. The molecule has 0 unspecified atom stereocenters. The van der Waals surface area contributed by atoms with Gasteiger partial charge in [-0.25, -0.2) is 4.79 Å². The highest BCUT2D eigenvalue weighted by Gasteiger charge is 2.24. The van der Waals surface area contributed by atoms with Gasteiger partial charge in [0.15, 0.2) is 0 Å². The third-order valence-corrected chi connectivity index (χ3v) is 5.75. The Balaban J connectivity index is 1.78. The first kappa shape index (κ1) is 15.4. The molecule has 0 amide bonds. The van der Waals surface area contributed by atoms with Crippen molar-refractivity contribution in [2.45, 2.75) is 38.5 Å². The molecule has 2 aromatic carbocycles. The second kappa shape index (κ2) is 5.87. The van der Waals surface area contributed by atoms with Crippen molar-refractivity contribution < 1.29 is 8.83 Å². The van der Waals surface area contributed by atoms with Crippen molar-refractivity contribution in [2.75, 3.05) is 0 Å². The number of furan rings is 1. The van der Waals surface area contributed by atoms with Crippen molar-refractivity contribution in [1.82, 2.24) is 0 Å². The molecule has 4 aromatic rings. The zero-order valence-electron chi connectivity index (χ0n) is 14.7. The zero-order chi connectivity index (χ0) is 17.7. The van der Waals surface area contributed by atoms with Gasteiger partial charge in [-0.2, -0.15) is 0 Å². The maximum absolute atomic E-state index is 12.6. The summed E-state index contributed by atoms with van der Waals surface area (Å²) in [5.41, 5.74) is 5.29. The second-order valence-corrected chi connectivity index (χ2v) is 7.27. The summed E-state index contributed by atoms with van der Waals surface area (Å²) < 4.78 is 11.5. The molecule has 2 aromatic heterocycles. The summed E-state index contributed by atoms with van der Waals surface area (Å²) >= 11 is 0. The van der Waals surface area contributed by atoms with Gasteiger partial charge < -0.3 is 8.83 Å². The van der Waals surface area contributed by atoms with E-state index in [1.54, 1.807) is 6.26 Å². The standard InChI is InChI=1S/C23H20O3/c1-14-17-11-18-19(15-7-3-2-4-8-15)13-25-20(18)12-21(17)26-23(24)22(14)16-9-5-6-10-16/h2-4,7-8,11-13,16H,5-6,9-10H2,1H3. The van der Waals surface area contributed by atoms with Crippen LogP contribution in [-0.2, 0) is 0 Å². The fourth-order valence-electron chi connectivity index (χ4n) is 4.41. The summed E-state index contributed by atoms with van der Waals surface area (Å²) in [6.45, 7) is 2.06. The van der Waals surface area contributed by atoms with E-state index in [0.717, 1.165) is 51.5 Å². The highest BCUT2D eigenvalue weighted by Crippen LogP contribution is 2.38. The van der Waals surface area contributed by atoms with Gasteiger partial charge in [-0.1, -0.05) is 43.2 Å². The number of fused-ring (bicyclic) bond motifs is 2. The number of hydrogen-bond acceptors (Lipinski definition) is 3. The largest absolute Gasteiger partial charge is 0.464 e. The molecule has 5 rings (SSSR count). The van der Waals surface area contributed by atoms with Gasteiger partial charge in [-0.15, -0.1) is 0 Å². The predicted molar refractivity (Wildman–Crippen MR) is 104 cm³/mol. The van der Waals surface area contributed by atoms with Crippen molar-refractivity contribution in [3.05, 3.63) is 70.3 Å². The van der Waals surface area contributed by atoms with Crippen LogP contribution in [0.25, 0.3) is 33.1 Å². The Labute approximate surface area is 151 Å². The average molecular weight is 344 g/mol. The lowest BCUT2D eigenvalue weighted by Gasteiger charge is -2.13. The molecule has 2 heterocycles. The van der Waals surface area contributed by atoms with E-state index in [4.69, 9.17) is 8.83 Å². The van der Waals surface area contributed by atoms with Gasteiger partial charge >= 0.3 is 5.63 Å². The number of aryl methyl sites for hydroxylation is 1. The summed E-state index contributed by atoms with van der Waals surface area (Å²) in [5.74, 6) is 0.337. The monoisotopic (exact) mass is 344 g/mol. The van der Waals surface area contributed by atoms with Crippen LogP contribution in [0, 0.1) is 6.92 Å². The predicted octanol–water partition coefficient (Wildman–Crippen LogP) is 6.17. The Morgan fingerprint density at radius 3 is 2.50 bits per heavy atom. The molecule has 1 aliphatic rings. The van der Waals surface area contributed by atoms with Crippen molar-refractivity contribution in [2.24, 2.45) is 0 Å². The van der Waals surface area contributed by atoms with Gasteiger partial charge in [-0.05, 0) is 42.9 Å². The van der Waals surface area contributed by atoms with E-state index in [9.17, 15) is 4.79 Å². The minimum atomic E-state index is -0.184. The van der Waals surface area contributed by atoms with Gasteiger partial charge in [0.2, 0.25) is 0 Å². The van der Waals surface area contributed by atoms with Crippen LogP contribution >= 0.6 is 0 Å². The van der Waals surface area contributed by atoms with Crippen molar-refractivity contribution >= 4 is 21.9 Å². The third kappa shape index (κ3) is 2.31. The fourth-order valence-corrected chi connectivity index (χ4v) is 4.41. The lowest BCUT2D eigenvalue weighted by Crippen LogP contribution is -2.13. The summed E-state index contributed by atoms with van der Waals surface area (Å²) in [6.07, 6.45) is 6.34. The van der Waals surface area contributed by atoms with Crippen LogP contribution < -0.4 is 5.63 Å². The first-order chi connectivity index (χ1) is 12.7. The quantitative estimate of drug-likeness (QED) is 0.408. The molecule has 0 radical (unpaired) electrons. The van der Waals surface area contributed by atoms with Crippen LogP contribution in [-0.4, -0.2) is 0 Å². The van der Waals surface area contributed by atoms with Crippen LogP contribution in [0.5, 0.6) is 0 Å². The Morgan fingerprint density at radius 1 is 0.962 bits per heavy atom. The highest BCUT2D eigenvalue weighted by atomic mass is 16.4. The topological polar surface area (TPSA) is 43.4 Å². The van der Waals surface area contributed by atoms with E-state index in [2.05, 4.69) is 25.1 Å². The Kier molecular flexibility index (Phi) is 3.49. The van der Waals surface area contributed by atoms with Crippen molar-refractivity contribution in [3.8, 4) is 11.1 Å². The molecule has 0 N–H and O–H groups in total. The zero-order valence-corrected chi connectivity index (χ0v) is 14.7. The molecule has 1 aliphatic carbocycles. The Hall–Kier alpha value is -2.81. The van der Waals surface area contributed by atoms with E-state index in [1.165, 1.54) is 12.8 Å². The lowest BCUT2D eigenvalue weighted by atomic mass is 9.92. The van der Waals surface area contributed by atoms with E-state index in [1.807, 2.05) is 24.3 Å². The average Bonchev–Trinajstić information content (AvgIpc) is 3.31. The van der Waals surface area contributed by atoms with Crippen molar-refractivity contribution in [3.63, 3.8) is 0 Å². The molecule has 1 saturated carbocycles. The molecule has 0 bridgehead atoms. The SMILES string of the molecule is Cc1c(C2CCCC2)c(=O)oc2cc3occ(-c4ccccc4)c3cc12. The first-order valence-electron chi connectivity index (χ1n) is 9.26. The van der Waals surface area contributed by atoms with Crippen LogP contribution in [0.3, 0.4) is 0 Å². The van der Waals surface area contributed by atoms with Crippen LogP contribution in [0.2, 0.25) is 0 Å². The molecule has 0 saturated heterocycles. The van der Waals surface area contributed by atoms with E-state index in [0.29, 0.717) is 11.5 Å². The van der Waals surface area contributed by atoms with Gasteiger partial charge in [0.05, 0.1) is 6.26 Å². The summed E-state index contributed by atoms with van der Waals surface area (Å²) in [6, 6.07) is 14.2. The molecule has 26 heavy (non-hydrogen) atoms. The lowest BCUT2D eigenvalue weighted by molar-refractivity contribution is 0.532. The fraction of sp³-hybridized carbons (Fsp3) is 0.261. The number of hydrogen-bond donors (Lipinski definition) is 0. The van der Waals surface area contributed by atoms with Gasteiger partial charge in [-0.3, -0.25) is 0 Å². The van der Waals surface area contributed by atoms with Crippen LogP contribution in [0.4, 0.5) is 0 Å². The third-order valence-electron chi connectivity index (χ3n) is 5.75. The molecule has 3 heteroatoms. The minimum absolute atomic E-state index is 0.184. The van der Waals surface area contributed by atoms with Gasteiger partial charge in [0, 0.05) is 28.0 Å². The smallest absolute Gasteiger partial charge is 0.340 e. The van der Waals surface area contributed by atoms with E-state index < -0.39 is 0 Å². The molecule has 1 fully saturated rings.